The van der Waals surface area contributed by atoms with Crippen LogP contribution in [0.15, 0.2) is 60.7 Å². The molecule has 0 aliphatic carbocycles. The molecular formula is C24H24FN5O3. The van der Waals surface area contributed by atoms with Gasteiger partial charge in [-0.2, -0.15) is 4.52 Å². The van der Waals surface area contributed by atoms with Crippen molar-refractivity contribution >= 4 is 11.6 Å². The highest BCUT2D eigenvalue weighted by Crippen LogP contribution is 2.19. The number of nitrogens with zero attached hydrogens (tertiary/aromatic N) is 4. The maximum absolute atomic E-state index is 13.2. The molecule has 2 heterocycles. The molecule has 33 heavy (non-hydrogen) atoms. The van der Waals surface area contributed by atoms with Crippen LogP contribution >= 0.6 is 0 Å². The lowest BCUT2D eigenvalue weighted by molar-refractivity contribution is 0.0946. The zero-order valence-corrected chi connectivity index (χ0v) is 18.2. The monoisotopic (exact) mass is 449 g/mol. The van der Waals surface area contributed by atoms with Crippen molar-refractivity contribution < 1.29 is 18.7 Å². The van der Waals surface area contributed by atoms with Crippen LogP contribution in [0.2, 0.25) is 0 Å². The van der Waals surface area contributed by atoms with Crippen molar-refractivity contribution in [2.75, 3.05) is 19.8 Å². The fourth-order valence-electron chi connectivity index (χ4n) is 3.09. The van der Waals surface area contributed by atoms with E-state index >= 15 is 0 Å². The van der Waals surface area contributed by atoms with Gasteiger partial charge in [-0.3, -0.25) is 4.79 Å². The van der Waals surface area contributed by atoms with Crippen LogP contribution in [-0.4, -0.2) is 45.5 Å². The Bertz CT molecular complexity index is 1210. The Hall–Kier alpha value is -4.01. The Morgan fingerprint density at radius 1 is 0.970 bits per heavy atom. The van der Waals surface area contributed by atoms with E-state index in [0.717, 1.165) is 18.6 Å². The number of carbonyl (C=O) groups is 1. The molecule has 9 heteroatoms. The summed E-state index contributed by atoms with van der Waals surface area (Å²) in [4.78, 5) is 12.3. The Balaban J connectivity index is 1.30. The second-order valence-corrected chi connectivity index (χ2v) is 7.30. The molecular weight excluding hydrogens is 425 g/mol. The number of nitrogens with one attached hydrogen (secondary N) is 1. The minimum atomic E-state index is -0.331. The Morgan fingerprint density at radius 2 is 1.76 bits per heavy atom. The van der Waals surface area contributed by atoms with Crippen LogP contribution in [0.3, 0.4) is 0 Å². The van der Waals surface area contributed by atoms with E-state index in [2.05, 4.69) is 27.5 Å². The molecule has 0 aliphatic rings. The summed E-state index contributed by atoms with van der Waals surface area (Å²) in [7, 11) is 0. The first-order chi connectivity index (χ1) is 16.1. The lowest BCUT2D eigenvalue weighted by Gasteiger charge is -2.09. The van der Waals surface area contributed by atoms with Gasteiger partial charge in [-0.1, -0.05) is 13.3 Å². The van der Waals surface area contributed by atoms with Crippen LogP contribution in [-0.2, 0) is 0 Å². The van der Waals surface area contributed by atoms with Crippen LogP contribution in [0.4, 0.5) is 4.39 Å². The van der Waals surface area contributed by atoms with Crippen LogP contribution in [0.1, 0.15) is 30.1 Å². The molecule has 170 valence electrons. The predicted molar refractivity (Wildman–Crippen MR) is 121 cm³/mol. The summed E-state index contributed by atoms with van der Waals surface area (Å²) >= 11 is 0. The van der Waals surface area contributed by atoms with Crippen molar-refractivity contribution in [2.24, 2.45) is 0 Å². The number of benzene rings is 2. The van der Waals surface area contributed by atoms with Crippen molar-refractivity contribution in [3.05, 3.63) is 72.0 Å². The zero-order chi connectivity index (χ0) is 23.0. The van der Waals surface area contributed by atoms with E-state index in [-0.39, 0.29) is 18.3 Å². The van der Waals surface area contributed by atoms with Gasteiger partial charge in [0.25, 0.3) is 5.91 Å². The van der Waals surface area contributed by atoms with Crippen LogP contribution in [0.5, 0.6) is 11.6 Å². The lowest BCUT2D eigenvalue weighted by atomic mass is 10.2. The standard InChI is InChI=1S/C24H24FN5O3/c1-2-3-15-32-20-10-6-18(7-11-20)24(31)26-14-16-33-22-13-12-21-27-28-23(30(21)29-22)17-4-8-19(25)9-5-17/h4-13H,2-3,14-16H2,1H3,(H,26,31). The fourth-order valence-corrected chi connectivity index (χ4v) is 3.09. The van der Waals surface area contributed by atoms with Gasteiger partial charge in [0.05, 0.1) is 13.2 Å². The van der Waals surface area contributed by atoms with E-state index in [1.165, 1.54) is 16.6 Å². The van der Waals surface area contributed by atoms with Gasteiger partial charge in [-0.25, -0.2) is 4.39 Å². The summed E-state index contributed by atoms with van der Waals surface area (Å²) in [6, 6.07) is 16.4. The molecule has 0 fully saturated rings. The minimum absolute atomic E-state index is 0.195. The average Bonchev–Trinajstić information content (AvgIpc) is 3.26. The second-order valence-electron chi connectivity index (χ2n) is 7.30. The highest BCUT2D eigenvalue weighted by Gasteiger charge is 2.11. The molecule has 0 radical (unpaired) electrons. The van der Waals surface area contributed by atoms with E-state index in [1.54, 1.807) is 48.5 Å². The van der Waals surface area contributed by atoms with Crippen LogP contribution in [0.25, 0.3) is 17.0 Å². The molecule has 1 amide bonds. The molecule has 0 aliphatic heterocycles. The van der Waals surface area contributed by atoms with E-state index in [9.17, 15) is 9.18 Å². The van der Waals surface area contributed by atoms with Crippen molar-refractivity contribution in [1.82, 2.24) is 25.1 Å². The van der Waals surface area contributed by atoms with Gasteiger partial charge in [0, 0.05) is 17.2 Å². The number of rotatable bonds is 10. The molecule has 2 aromatic carbocycles. The third-order valence-corrected chi connectivity index (χ3v) is 4.86. The molecule has 0 bridgehead atoms. The van der Waals surface area contributed by atoms with Gasteiger partial charge in [0.1, 0.15) is 18.2 Å². The Kier molecular flexibility index (Phi) is 7.09. The fraction of sp³-hybridized carbons (Fsp3) is 0.250. The molecule has 0 unspecified atom stereocenters. The Morgan fingerprint density at radius 3 is 2.52 bits per heavy atom. The number of unbranched alkanes of at least 4 members (excludes halogenated alkanes) is 1. The SMILES string of the molecule is CCCCOc1ccc(C(=O)NCCOc2ccc3nnc(-c4ccc(F)cc4)n3n2)cc1. The second kappa shape index (κ2) is 10.5. The minimum Gasteiger partial charge on any atom is -0.494 e. The van der Waals surface area contributed by atoms with Gasteiger partial charge >= 0.3 is 0 Å². The van der Waals surface area contributed by atoms with E-state index < -0.39 is 0 Å². The van der Waals surface area contributed by atoms with E-state index in [1.807, 2.05) is 0 Å². The zero-order valence-electron chi connectivity index (χ0n) is 18.2. The quantitative estimate of drug-likeness (QED) is 0.369. The van der Waals surface area contributed by atoms with Crippen LogP contribution in [0, 0.1) is 5.82 Å². The van der Waals surface area contributed by atoms with Gasteiger partial charge in [0.15, 0.2) is 11.5 Å². The Labute approximate surface area is 190 Å². The maximum atomic E-state index is 13.2. The summed E-state index contributed by atoms with van der Waals surface area (Å²) < 4.78 is 26.0. The van der Waals surface area contributed by atoms with Gasteiger partial charge in [-0.15, -0.1) is 15.3 Å². The smallest absolute Gasteiger partial charge is 0.251 e. The number of fused-ring (bicyclic) bond motifs is 1. The third-order valence-electron chi connectivity index (χ3n) is 4.86. The molecule has 1 N–H and O–H groups in total. The molecule has 2 aromatic heterocycles. The average molecular weight is 449 g/mol. The number of ether oxygens (including phenoxy) is 2. The summed E-state index contributed by atoms with van der Waals surface area (Å²) in [6.07, 6.45) is 2.06. The molecule has 0 saturated carbocycles. The number of hydrogen-bond donors (Lipinski definition) is 1. The maximum Gasteiger partial charge on any atom is 0.251 e. The first-order valence-corrected chi connectivity index (χ1v) is 10.8. The molecule has 4 rings (SSSR count). The third kappa shape index (κ3) is 5.62. The van der Waals surface area contributed by atoms with E-state index in [0.29, 0.717) is 41.6 Å². The number of carbonyl (C=O) groups excluding carboxylic acids is 1. The first kappa shape index (κ1) is 22.2. The van der Waals surface area contributed by atoms with Crippen molar-refractivity contribution in [3.8, 4) is 23.0 Å². The van der Waals surface area contributed by atoms with E-state index in [4.69, 9.17) is 9.47 Å². The normalized spacial score (nSPS) is 10.8. The molecule has 4 aromatic rings. The lowest BCUT2D eigenvalue weighted by Crippen LogP contribution is -2.28. The number of halogens is 1. The summed E-state index contributed by atoms with van der Waals surface area (Å²) in [5, 5.41) is 15.4. The van der Waals surface area contributed by atoms with Crippen molar-refractivity contribution in [1.29, 1.82) is 0 Å². The highest BCUT2D eigenvalue weighted by molar-refractivity contribution is 5.94. The van der Waals surface area contributed by atoms with Gasteiger partial charge < -0.3 is 14.8 Å². The molecule has 0 atom stereocenters. The summed E-state index contributed by atoms with van der Waals surface area (Å²) in [6.45, 7) is 3.31. The molecule has 0 saturated heterocycles. The highest BCUT2D eigenvalue weighted by atomic mass is 19.1. The number of amides is 1. The molecule has 0 spiro atoms. The van der Waals surface area contributed by atoms with Crippen molar-refractivity contribution in [2.45, 2.75) is 19.8 Å². The molecule has 8 nitrogen and oxygen atoms in total. The van der Waals surface area contributed by atoms with Gasteiger partial charge in [0.2, 0.25) is 5.88 Å². The summed E-state index contributed by atoms with van der Waals surface area (Å²) in [5.74, 6) is 1.06. The van der Waals surface area contributed by atoms with Crippen LogP contribution < -0.4 is 14.8 Å². The summed E-state index contributed by atoms with van der Waals surface area (Å²) in [5.41, 5.74) is 1.77. The first-order valence-electron chi connectivity index (χ1n) is 10.8. The number of hydrogen-bond acceptors (Lipinski definition) is 6. The topological polar surface area (TPSA) is 90.6 Å². The predicted octanol–water partition coefficient (Wildman–Crippen LogP) is 3.92. The van der Waals surface area contributed by atoms with Crippen molar-refractivity contribution in [3.63, 3.8) is 0 Å². The van der Waals surface area contributed by atoms with Gasteiger partial charge in [-0.05, 0) is 61.0 Å². The largest absolute Gasteiger partial charge is 0.494 e. The number of aromatic nitrogens is 4.